The molecule has 0 amide bonds. The molecule has 0 aliphatic carbocycles. The molecule has 19 heavy (non-hydrogen) atoms. The summed E-state index contributed by atoms with van der Waals surface area (Å²) in [5.74, 6) is -0.242. The summed E-state index contributed by atoms with van der Waals surface area (Å²) in [5, 5.41) is 0. The third-order valence-electron chi connectivity index (χ3n) is 2.94. The van der Waals surface area contributed by atoms with Gasteiger partial charge in [0.05, 0.1) is 7.11 Å². The lowest BCUT2D eigenvalue weighted by Gasteiger charge is -2.06. The second kappa shape index (κ2) is 5.56. The molecule has 1 aromatic heterocycles. The lowest BCUT2D eigenvalue weighted by atomic mass is 10.1. The second-order valence-corrected chi connectivity index (χ2v) is 4.26. The summed E-state index contributed by atoms with van der Waals surface area (Å²) in [4.78, 5) is 15.4. The molecule has 0 fully saturated rings. The van der Waals surface area contributed by atoms with Crippen molar-refractivity contribution in [2.75, 3.05) is 12.8 Å². The Morgan fingerprint density at radius 3 is 2.63 bits per heavy atom. The van der Waals surface area contributed by atoms with Gasteiger partial charge in [0.1, 0.15) is 12.1 Å². The summed E-state index contributed by atoms with van der Waals surface area (Å²) in [6.07, 6.45) is 3.68. The maximum absolute atomic E-state index is 11.4. The Hall–Kier alpha value is -2.30. The van der Waals surface area contributed by atoms with Gasteiger partial charge in [0, 0.05) is 5.69 Å². The molecule has 5 nitrogen and oxygen atoms in total. The highest BCUT2D eigenvalue weighted by Crippen LogP contribution is 2.18. The average molecular weight is 259 g/mol. The number of imidazole rings is 1. The van der Waals surface area contributed by atoms with Crippen molar-refractivity contribution in [1.82, 2.24) is 9.55 Å². The van der Waals surface area contributed by atoms with Gasteiger partial charge in [-0.05, 0) is 24.1 Å². The first-order valence-corrected chi connectivity index (χ1v) is 6.17. The van der Waals surface area contributed by atoms with E-state index in [1.54, 1.807) is 4.57 Å². The van der Waals surface area contributed by atoms with Crippen LogP contribution in [-0.4, -0.2) is 22.6 Å². The molecule has 0 unspecified atom stereocenters. The minimum atomic E-state index is -0.529. The number of rotatable bonds is 4. The zero-order chi connectivity index (χ0) is 13.8. The van der Waals surface area contributed by atoms with Crippen LogP contribution in [-0.2, 0) is 11.2 Å². The molecule has 0 aliphatic rings. The van der Waals surface area contributed by atoms with E-state index in [0.29, 0.717) is 0 Å². The number of carbonyl (C=O) groups is 1. The van der Waals surface area contributed by atoms with Crippen molar-refractivity contribution in [2.24, 2.45) is 0 Å². The van der Waals surface area contributed by atoms with Crippen LogP contribution in [0.4, 0.5) is 5.82 Å². The van der Waals surface area contributed by atoms with Crippen LogP contribution >= 0.6 is 0 Å². The first kappa shape index (κ1) is 13.1. The predicted molar refractivity (Wildman–Crippen MR) is 73.3 cm³/mol. The Morgan fingerprint density at radius 2 is 2.05 bits per heavy atom. The van der Waals surface area contributed by atoms with Gasteiger partial charge in [0.25, 0.3) is 0 Å². The summed E-state index contributed by atoms with van der Waals surface area (Å²) >= 11 is 0. The molecule has 0 saturated carbocycles. The molecular formula is C14H17N3O2. The van der Waals surface area contributed by atoms with Crippen LogP contribution < -0.4 is 5.73 Å². The van der Waals surface area contributed by atoms with E-state index in [0.717, 1.165) is 18.5 Å². The number of nitrogens with zero attached hydrogens (tertiary/aromatic N) is 2. The Balaban J connectivity index is 2.32. The molecular weight excluding hydrogens is 242 g/mol. The van der Waals surface area contributed by atoms with Crippen LogP contribution in [0, 0.1) is 0 Å². The molecule has 0 radical (unpaired) electrons. The maximum atomic E-state index is 11.4. The van der Waals surface area contributed by atoms with E-state index in [-0.39, 0.29) is 11.5 Å². The highest BCUT2D eigenvalue weighted by Gasteiger charge is 2.16. The molecule has 0 bridgehead atoms. The van der Waals surface area contributed by atoms with Gasteiger partial charge < -0.3 is 10.5 Å². The van der Waals surface area contributed by atoms with Crippen molar-refractivity contribution in [3.05, 3.63) is 41.9 Å². The summed E-state index contributed by atoms with van der Waals surface area (Å²) in [5.41, 5.74) is 8.20. The minimum Gasteiger partial charge on any atom is -0.464 e. The van der Waals surface area contributed by atoms with Crippen molar-refractivity contribution < 1.29 is 9.53 Å². The van der Waals surface area contributed by atoms with Gasteiger partial charge in [-0.2, -0.15) is 0 Å². The van der Waals surface area contributed by atoms with Crippen LogP contribution in [0.25, 0.3) is 5.69 Å². The maximum Gasteiger partial charge on any atom is 0.360 e. The lowest BCUT2D eigenvalue weighted by Crippen LogP contribution is -2.07. The summed E-state index contributed by atoms with van der Waals surface area (Å²) in [6.45, 7) is 2.14. The number of hydrogen-bond donors (Lipinski definition) is 1. The standard InChI is InChI=1S/C14H17N3O2/c1-3-4-10-5-7-11(8-6-10)17-9-16-12(13(17)15)14(18)19-2/h5-9H,3-4,15H2,1-2H3. The average Bonchev–Trinajstić information content (AvgIpc) is 2.81. The molecule has 0 atom stereocenters. The van der Waals surface area contributed by atoms with Crippen LogP contribution in [0.3, 0.4) is 0 Å². The summed E-state index contributed by atoms with van der Waals surface area (Å²) in [7, 11) is 1.31. The zero-order valence-corrected chi connectivity index (χ0v) is 11.1. The molecule has 0 spiro atoms. The van der Waals surface area contributed by atoms with E-state index < -0.39 is 5.97 Å². The molecule has 1 aromatic carbocycles. The van der Waals surface area contributed by atoms with Gasteiger partial charge in [0.15, 0.2) is 5.69 Å². The van der Waals surface area contributed by atoms with E-state index in [1.165, 1.54) is 19.0 Å². The van der Waals surface area contributed by atoms with Crippen molar-refractivity contribution in [2.45, 2.75) is 19.8 Å². The number of hydrogen-bond acceptors (Lipinski definition) is 4. The number of benzene rings is 1. The van der Waals surface area contributed by atoms with E-state index in [9.17, 15) is 4.79 Å². The van der Waals surface area contributed by atoms with Crippen LogP contribution in [0.15, 0.2) is 30.6 Å². The van der Waals surface area contributed by atoms with Gasteiger partial charge in [-0.15, -0.1) is 0 Å². The number of nitrogens with two attached hydrogens (primary N) is 1. The second-order valence-electron chi connectivity index (χ2n) is 4.26. The molecule has 0 aliphatic heterocycles. The van der Waals surface area contributed by atoms with Gasteiger partial charge >= 0.3 is 5.97 Å². The molecule has 2 N–H and O–H groups in total. The van der Waals surface area contributed by atoms with Crippen molar-refractivity contribution in [3.63, 3.8) is 0 Å². The smallest absolute Gasteiger partial charge is 0.360 e. The summed E-state index contributed by atoms with van der Waals surface area (Å²) in [6, 6.07) is 8.03. The number of ether oxygens (including phenoxy) is 1. The van der Waals surface area contributed by atoms with Crippen molar-refractivity contribution in [1.29, 1.82) is 0 Å². The zero-order valence-electron chi connectivity index (χ0n) is 11.1. The van der Waals surface area contributed by atoms with Crippen LogP contribution in [0.1, 0.15) is 29.4 Å². The minimum absolute atomic E-state index is 0.139. The highest BCUT2D eigenvalue weighted by molar-refractivity contribution is 5.92. The third-order valence-corrected chi connectivity index (χ3v) is 2.94. The SMILES string of the molecule is CCCc1ccc(-n2cnc(C(=O)OC)c2N)cc1. The van der Waals surface area contributed by atoms with Gasteiger partial charge in [-0.1, -0.05) is 25.5 Å². The first-order valence-electron chi connectivity index (χ1n) is 6.17. The molecule has 2 rings (SSSR count). The Morgan fingerprint density at radius 1 is 1.37 bits per heavy atom. The van der Waals surface area contributed by atoms with Gasteiger partial charge in [-0.25, -0.2) is 9.78 Å². The normalized spacial score (nSPS) is 10.4. The topological polar surface area (TPSA) is 70.1 Å². The van der Waals surface area contributed by atoms with Crippen LogP contribution in [0.2, 0.25) is 0 Å². The van der Waals surface area contributed by atoms with E-state index >= 15 is 0 Å². The largest absolute Gasteiger partial charge is 0.464 e. The number of aromatic nitrogens is 2. The summed E-state index contributed by atoms with van der Waals surface area (Å²) < 4.78 is 6.29. The molecule has 1 heterocycles. The first-order chi connectivity index (χ1) is 9.17. The Kier molecular flexibility index (Phi) is 3.85. The van der Waals surface area contributed by atoms with Crippen molar-refractivity contribution in [3.8, 4) is 5.69 Å². The Labute approximate surface area is 112 Å². The molecule has 0 saturated heterocycles. The lowest BCUT2D eigenvalue weighted by molar-refractivity contribution is 0.0596. The Bertz CT molecular complexity index is 573. The fourth-order valence-corrected chi connectivity index (χ4v) is 1.93. The van der Waals surface area contributed by atoms with E-state index in [1.807, 2.05) is 12.1 Å². The van der Waals surface area contributed by atoms with E-state index in [2.05, 4.69) is 28.8 Å². The molecule has 100 valence electrons. The fourth-order valence-electron chi connectivity index (χ4n) is 1.93. The quantitative estimate of drug-likeness (QED) is 0.854. The number of nitrogen functional groups attached to an aromatic ring is 1. The predicted octanol–water partition coefficient (Wildman–Crippen LogP) is 2.19. The van der Waals surface area contributed by atoms with Crippen molar-refractivity contribution >= 4 is 11.8 Å². The van der Waals surface area contributed by atoms with Gasteiger partial charge in [-0.3, -0.25) is 4.57 Å². The third kappa shape index (κ3) is 2.59. The molecule has 2 aromatic rings. The number of esters is 1. The highest BCUT2D eigenvalue weighted by atomic mass is 16.5. The number of aryl methyl sites for hydroxylation is 1. The number of methoxy groups -OCH3 is 1. The van der Waals surface area contributed by atoms with Gasteiger partial charge in [0.2, 0.25) is 0 Å². The fraction of sp³-hybridized carbons (Fsp3) is 0.286. The van der Waals surface area contributed by atoms with E-state index in [4.69, 9.17) is 5.73 Å². The monoisotopic (exact) mass is 259 g/mol. The number of anilines is 1. The van der Waals surface area contributed by atoms with Crippen LogP contribution in [0.5, 0.6) is 0 Å². The molecule has 5 heteroatoms. The number of carbonyl (C=O) groups excluding carboxylic acids is 1.